The van der Waals surface area contributed by atoms with Gasteiger partial charge in [-0.3, -0.25) is 0 Å². The summed E-state index contributed by atoms with van der Waals surface area (Å²) in [6, 6.07) is 83.5. The van der Waals surface area contributed by atoms with Crippen molar-refractivity contribution in [3.05, 3.63) is 304 Å². The standard InChI is InChI=1S/C133H161BN4/c1-123(2,3)74-85-38-34-42-94(58-85)102-72-116(104(68-98(102)83-132(28,29)30)96-44-36-40-87(60-96)76-125(7,8)9)137-118-70-100(135-112-54-46-89(78-127(13,14)15)62-106(112)107-63-90(47-55-113(107)135)79-128(16,17)18)50-52-110(118)134-111-53-51-101(136-114-56-48-91(80-129(19,20)21)64-108(114)109-65-92(49-57-115(109)136)81-130(22,23)24)71-119(111)138(121-67-93(82-131(25,26)27)66-120(137)122(121)134)117-73-103(95-43-35-39-86(59-95)75-124(4,5)6)99(84-133(31,32)33)69-105(117)97-45-37-41-88(61-97)77-126(10,11)12/h34-73H,74-84H2,1-33H3/i74D2,75D2,76D2,77D2,78D2,79D2,80D2,81D2. The van der Waals surface area contributed by atoms with Gasteiger partial charge in [0.2, 0.25) is 0 Å². The van der Waals surface area contributed by atoms with Crippen LogP contribution in [0.15, 0.2) is 243 Å². The maximum absolute atomic E-state index is 10.2. The lowest BCUT2D eigenvalue weighted by Crippen LogP contribution is -2.61. The number of nitrogens with zero attached hydrogens (tertiary/aromatic N) is 4. The van der Waals surface area contributed by atoms with E-state index in [9.17, 15) is 21.9 Å². The number of benzene rings is 13. The van der Waals surface area contributed by atoms with Crippen LogP contribution in [0.5, 0.6) is 0 Å². The fourth-order valence-electron chi connectivity index (χ4n) is 21.0. The Hall–Kier alpha value is -10.9. The predicted molar refractivity (Wildman–Crippen MR) is 606 cm³/mol. The van der Waals surface area contributed by atoms with Crippen LogP contribution in [0.1, 0.15) is 312 Å². The number of hydrogen-bond acceptors (Lipinski definition) is 2. The van der Waals surface area contributed by atoms with Gasteiger partial charge in [0.15, 0.2) is 0 Å². The molecule has 2 aromatic heterocycles. The Balaban J connectivity index is 1.12. The molecule has 13 aromatic carbocycles. The van der Waals surface area contributed by atoms with Gasteiger partial charge in [-0.1, -0.05) is 362 Å². The normalized spacial score (nSPS) is 16.4. The molecule has 5 heteroatoms. The van der Waals surface area contributed by atoms with Gasteiger partial charge >= 0.3 is 0 Å². The lowest BCUT2D eigenvalue weighted by atomic mass is 9.33. The first-order chi connectivity index (χ1) is 70.3. The molecule has 2 aliphatic rings. The molecule has 0 saturated carbocycles. The van der Waals surface area contributed by atoms with Gasteiger partial charge in [0, 0.05) is 88.7 Å². The molecule has 0 fully saturated rings. The second kappa shape index (κ2) is 35.7. The average molecular weight is 1840 g/mol. The van der Waals surface area contributed by atoms with Crippen molar-refractivity contribution >= 4 is 101 Å². The molecule has 0 radical (unpaired) electrons. The van der Waals surface area contributed by atoms with Crippen molar-refractivity contribution in [1.82, 2.24) is 9.13 Å². The van der Waals surface area contributed by atoms with Crippen LogP contribution in [-0.2, 0) is 70.2 Å². The second-order valence-corrected chi connectivity index (χ2v) is 51.8. The highest BCUT2D eigenvalue weighted by molar-refractivity contribution is 7.00. The van der Waals surface area contributed by atoms with E-state index in [-0.39, 0.29) is 10.8 Å². The maximum Gasteiger partial charge on any atom is 0.252 e. The smallest absolute Gasteiger partial charge is 0.252 e. The zero-order chi connectivity index (χ0) is 114. The largest absolute Gasteiger partial charge is 0.311 e. The lowest BCUT2D eigenvalue weighted by Gasteiger charge is -2.46. The van der Waals surface area contributed by atoms with Crippen LogP contribution in [0.3, 0.4) is 0 Å². The summed E-state index contributed by atoms with van der Waals surface area (Å²) in [5.74, 6) is 0. The topological polar surface area (TPSA) is 16.3 Å². The highest BCUT2D eigenvalue weighted by Gasteiger charge is 2.46. The van der Waals surface area contributed by atoms with E-state index in [0.29, 0.717) is 63.8 Å². The van der Waals surface area contributed by atoms with Crippen molar-refractivity contribution in [3.8, 4) is 55.9 Å². The second-order valence-electron chi connectivity index (χ2n) is 51.8. The molecule has 0 saturated heterocycles. The molecule has 716 valence electrons. The van der Waals surface area contributed by atoms with Crippen LogP contribution in [-0.4, -0.2) is 15.8 Å². The maximum atomic E-state index is 10.2. The molecule has 0 N–H and O–H groups in total. The summed E-state index contributed by atoms with van der Waals surface area (Å²) in [6.07, 6.45) is -13.1. The highest BCUT2D eigenvalue weighted by atomic mass is 15.2. The Labute approximate surface area is 854 Å². The van der Waals surface area contributed by atoms with Crippen molar-refractivity contribution in [1.29, 1.82) is 0 Å². The van der Waals surface area contributed by atoms with E-state index in [1.54, 1.807) is 0 Å². The van der Waals surface area contributed by atoms with E-state index >= 15 is 0 Å². The number of anilines is 6. The van der Waals surface area contributed by atoms with Gasteiger partial charge < -0.3 is 18.9 Å². The van der Waals surface area contributed by atoms with Gasteiger partial charge in [-0.2, -0.15) is 0 Å². The molecule has 0 bridgehead atoms. The minimum absolute atomic E-state index is 0.351. The molecule has 4 heterocycles. The van der Waals surface area contributed by atoms with Gasteiger partial charge in [0.05, 0.1) is 33.4 Å². The van der Waals surface area contributed by atoms with Crippen LogP contribution >= 0.6 is 0 Å². The summed E-state index contributed by atoms with van der Waals surface area (Å²) in [4.78, 5) is 4.94. The molecule has 0 aliphatic carbocycles. The summed E-state index contributed by atoms with van der Waals surface area (Å²) < 4.78 is 166. The van der Waals surface area contributed by atoms with Crippen LogP contribution in [0.25, 0.3) is 99.5 Å². The minimum atomic E-state index is -1.87. The third-order valence-corrected chi connectivity index (χ3v) is 25.1. The summed E-state index contributed by atoms with van der Waals surface area (Å²) in [5.41, 5.74) is 17.2. The predicted octanol–water partition coefficient (Wildman–Crippen LogP) is 36.1. The quantitative estimate of drug-likeness (QED) is 0.0750. The van der Waals surface area contributed by atoms with Crippen LogP contribution < -0.4 is 26.2 Å². The summed E-state index contributed by atoms with van der Waals surface area (Å²) >= 11 is 0. The number of hydrogen-bond donors (Lipinski definition) is 0. The van der Waals surface area contributed by atoms with E-state index in [2.05, 4.69) is 178 Å². The molecule has 15 aromatic rings. The Kier molecular flexibility index (Phi) is 20.7. The molecule has 138 heavy (non-hydrogen) atoms. The van der Waals surface area contributed by atoms with Gasteiger partial charge in [-0.25, -0.2) is 0 Å². The first kappa shape index (κ1) is 79.9. The zero-order valence-corrected chi connectivity index (χ0v) is 89.1. The Morgan fingerprint density at radius 3 is 0.717 bits per heavy atom. The van der Waals surface area contributed by atoms with Gasteiger partial charge in [0.25, 0.3) is 6.71 Å². The summed E-state index contributed by atoms with van der Waals surface area (Å²) in [5, 5.41) is 2.96. The van der Waals surface area contributed by atoms with Gasteiger partial charge in [0.1, 0.15) is 0 Å². The van der Waals surface area contributed by atoms with Crippen molar-refractivity contribution in [2.45, 2.75) is 299 Å². The Bertz CT molecular complexity index is 7420. The van der Waals surface area contributed by atoms with Crippen LogP contribution in [0, 0.1) is 59.6 Å². The molecule has 17 rings (SSSR count). The molecule has 0 amide bonds. The Morgan fingerprint density at radius 1 is 0.210 bits per heavy atom. The molecule has 2 aliphatic heterocycles. The van der Waals surface area contributed by atoms with E-state index in [0.717, 1.165) is 167 Å². The molecular weight excluding hydrogens is 1660 g/mol. The molecule has 4 nitrogen and oxygen atoms in total. The van der Waals surface area contributed by atoms with E-state index in [4.69, 9.17) is 0 Å². The zero-order valence-electron chi connectivity index (χ0n) is 105. The fraction of sp³-hybridized carbons (Fsp3) is 0.414. The van der Waals surface area contributed by atoms with E-state index in [1.807, 2.05) is 312 Å². The number of rotatable bonds is 19. The van der Waals surface area contributed by atoms with Crippen molar-refractivity contribution in [3.63, 3.8) is 0 Å². The Morgan fingerprint density at radius 2 is 0.464 bits per heavy atom. The van der Waals surface area contributed by atoms with Crippen LogP contribution in [0.2, 0.25) is 0 Å². The molecular formula is C133H161BN4. The van der Waals surface area contributed by atoms with Gasteiger partial charge in [-0.05, 0) is 350 Å². The van der Waals surface area contributed by atoms with Crippen molar-refractivity contribution < 1.29 is 21.9 Å². The third-order valence-electron chi connectivity index (χ3n) is 25.1. The number of aromatic nitrogens is 2. The average Bonchev–Trinajstić information content (AvgIpc) is 1.19. The lowest BCUT2D eigenvalue weighted by molar-refractivity contribution is 0.410. The van der Waals surface area contributed by atoms with Crippen molar-refractivity contribution in [2.75, 3.05) is 9.80 Å². The van der Waals surface area contributed by atoms with Crippen LogP contribution in [0.4, 0.5) is 34.1 Å². The molecule has 0 atom stereocenters. The molecule has 0 spiro atoms. The summed E-state index contributed by atoms with van der Waals surface area (Å²) in [6.45, 7) is 65.9. The third kappa shape index (κ3) is 22.3. The van der Waals surface area contributed by atoms with Gasteiger partial charge in [-0.15, -0.1) is 0 Å². The summed E-state index contributed by atoms with van der Waals surface area (Å²) in [7, 11) is 0. The fourth-order valence-corrected chi connectivity index (χ4v) is 21.0. The first-order valence-electron chi connectivity index (χ1n) is 58.3. The SMILES string of the molecule is [2H]C([2H])(c1cccc(-c2cc(N3c4cc(-n5c6ccc(C([2H])([2H])C(C)(C)C)cc6c6cc(C([2H])([2H])C(C)(C)C)ccc65)ccc4B4c5ccc(-n6c7ccc(C([2H])([2H])C(C)(C)C)cc7c7cc(C([2H])([2H])C(C)(C)C)ccc76)cc5N(c5cc(-c6cccc(C([2H])([2H])C(C)(C)C)c6)c(CC(C)(C)C)cc5-c5cccc(C([2H])([2H])C(C)(C)C)c5)c5cc(CC(C)(C)C)cc3c54)c(-c3cccc(C([2H])([2H])C(C)(C)C)c3)cc2CC(C)(C)C)c1)C(C)(C)C. The number of fused-ring (bicyclic) bond motifs is 10. The van der Waals surface area contributed by atoms with E-state index < -0.39 is 106 Å². The molecule has 0 unspecified atom stereocenters. The minimum Gasteiger partial charge on any atom is -0.311 e. The first-order valence-corrected chi connectivity index (χ1v) is 50.3. The van der Waals surface area contributed by atoms with Crippen molar-refractivity contribution in [2.24, 2.45) is 59.6 Å². The van der Waals surface area contributed by atoms with E-state index in [1.165, 1.54) is 0 Å². The highest BCUT2D eigenvalue weighted by Crippen LogP contribution is 2.55. The monoisotopic (exact) mass is 1840 g/mol.